The zero-order chi connectivity index (χ0) is 14.3. The number of hydrogen-bond donors (Lipinski definition) is 1. The fraction of sp³-hybridized carbons (Fsp3) is 0.636. The van der Waals surface area contributed by atoms with E-state index in [1.807, 2.05) is 0 Å². The Bertz CT molecular complexity index is 486. The second kappa shape index (κ2) is 4.52. The Morgan fingerprint density at radius 3 is 2.79 bits per heavy atom. The quantitative estimate of drug-likeness (QED) is 0.845. The lowest BCUT2D eigenvalue weighted by molar-refractivity contribution is -0.271. The van der Waals surface area contributed by atoms with Gasteiger partial charge in [-0.2, -0.15) is 13.2 Å². The van der Waals surface area contributed by atoms with Gasteiger partial charge >= 0.3 is 6.18 Å². The van der Waals surface area contributed by atoms with Gasteiger partial charge in [0.05, 0.1) is 12.2 Å². The van der Waals surface area contributed by atoms with E-state index in [4.69, 9.17) is 4.52 Å². The first-order valence-electron chi connectivity index (χ1n) is 5.75. The van der Waals surface area contributed by atoms with E-state index >= 15 is 0 Å². The molecule has 0 unspecified atom stereocenters. The smallest absolute Gasteiger partial charge is 0.379 e. The Balaban J connectivity index is 2.16. The van der Waals surface area contributed by atoms with Crippen molar-refractivity contribution in [3.63, 3.8) is 0 Å². The lowest BCUT2D eigenvalue weighted by Gasteiger charge is -2.39. The van der Waals surface area contributed by atoms with Crippen molar-refractivity contribution in [2.75, 3.05) is 13.1 Å². The van der Waals surface area contributed by atoms with Crippen molar-refractivity contribution in [2.45, 2.75) is 31.5 Å². The molecule has 1 aliphatic rings. The van der Waals surface area contributed by atoms with E-state index in [-0.39, 0.29) is 18.7 Å². The van der Waals surface area contributed by atoms with Crippen LogP contribution in [-0.2, 0) is 0 Å². The molecular formula is C11H13F3N2O3. The average molecular weight is 278 g/mol. The first kappa shape index (κ1) is 13.9. The molecule has 1 aliphatic heterocycles. The van der Waals surface area contributed by atoms with E-state index in [0.29, 0.717) is 5.69 Å². The molecule has 1 atom stereocenters. The number of carbonyl (C=O) groups is 1. The number of hydrogen-bond acceptors (Lipinski definition) is 4. The third-order valence-electron chi connectivity index (χ3n) is 3.12. The van der Waals surface area contributed by atoms with Gasteiger partial charge in [0, 0.05) is 12.6 Å². The summed E-state index contributed by atoms with van der Waals surface area (Å²) in [6.07, 6.45) is -5.09. The summed E-state index contributed by atoms with van der Waals surface area (Å²) in [4.78, 5) is 12.9. The number of halogens is 3. The highest BCUT2D eigenvalue weighted by Gasteiger charge is 2.56. The third kappa shape index (κ3) is 2.58. The van der Waals surface area contributed by atoms with E-state index in [2.05, 4.69) is 5.16 Å². The molecule has 106 valence electrons. The predicted octanol–water partition coefficient (Wildman–Crippen LogP) is 1.51. The normalized spacial score (nSPS) is 24.6. The molecule has 1 fully saturated rings. The molecule has 0 aromatic carbocycles. The molecule has 2 heterocycles. The van der Waals surface area contributed by atoms with Crippen LogP contribution >= 0.6 is 0 Å². The van der Waals surface area contributed by atoms with Crippen molar-refractivity contribution in [1.82, 2.24) is 10.1 Å². The van der Waals surface area contributed by atoms with Crippen molar-refractivity contribution < 1.29 is 27.6 Å². The standard InChI is InChI=1S/C11H13F3N2O3/c1-7-5-8(19-15-7)9(17)16-4-2-3-10(18,6-16)11(12,13)14/h5,18H,2-4,6H2,1H3/t10-/m1/s1. The molecule has 1 aromatic heterocycles. The second-order valence-electron chi connectivity index (χ2n) is 4.69. The Morgan fingerprint density at radius 2 is 2.26 bits per heavy atom. The topological polar surface area (TPSA) is 66.6 Å². The largest absolute Gasteiger partial charge is 0.418 e. The number of aryl methyl sites for hydroxylation is 1. The van der Waals surface area contributed by atoms with Crippen LogP contribution < -0.4 is 0 Å². The van der Waals surface area contributed by atoms with Crippen molar-refractivity contribution in [1.29, 1.82) is 0 Å². The third-order valence-corrected chi connectivity index (χ3v) is 3.12. The van der Waals surface area contributed by atoms with Gasteiger partial charge in [0.2, 0.25) is 5.76 Å². The first-order valence-corrected chi connectivity index (χ1v) is 5.75. The van der Waals surface area contributed by atoms with E-state index in [1.54, 1.807) is 6.92 Å². The molecular weight excluding hydrogens is 265 g/mol. The van der Waals surface area contributed by atoms with Crippen LogP contribution in [0.5, 0.6) is 0 Å². The molecule has 19 heavy (non-hydrogen) atoms. The molecule has 0 aliphatic carbocycles. The summed E-state index contributed by atoms with van der Waals surface area (Å²) in [5, 5.41) is 13.1. The van der Waals surface area contributed by atoms with Gasteiger partial charge < -0.3 is 14.5 Å². The monoisotopic (exact) mass is 278 g/mol. The molecule has 1 saturated heterocycles. The molecule has 0 radical (unpaired) electrons. The van der Waals surface area contributed by atoms with Crippen LogP contribution in [0.3, 0.4) is 0 Å². The number of rotatable bonds is 1. The zero-order valence-electron chi connectivity index (χ0n) is 10.2. The summed E-state index contributed by atoms with van der Waals surface area (Å²) in [6.45, 7) is 0.967. The number of likely N-dealkylation sites (tertiary alicyclic amines) is 1. The molecule has 2 rings (SSSR count). The van der Waals surface area contributed by atoms with Gasteiger partial charge in [0.25, 0.3) is 5.91 Å². The SMILES string of the molecule is Cc1cc(C(=O)N2CCC[C@](O)(C(F)(F)F)C2)on1. The fourth-order valence-corrected chi connectivity index (χ4v) is 2.06. The van der Waals surface area contributed by atoms with E-state index in [9.17, 15) is 23.1 Å². The molecule has 0 bridgehead atoms. The fourth-order valence-electron chi connectivity index (χ4n) is 2.06. The number of nitrogens with zero attached hydrogens (tertiary/aromatic N) is 2. The maximum atomic E-state index is 12.7. The van der Waals surface area contributed by atoms with Gasteiger partial charge in [-0.25, -0.2) is 0 Å². The van der Waals surface area contributed by atoms with Crippen LogP contribution in [0, 0.1) is 6.92 Å². The second-order valence-corrected chi connectivity index (χ2v) is 4.69. The summed E-state index contributed by atoms with van der Waals surface area (Å²) in [5.74, 6) is -0.813. The minimum absolute atomic E-state index is 0.0782. The van der Waals surface area contributed by atoms with E-state index in [0.717, 1.165) is 4.90 Å². The lowest BCUT2D eigenvalue weighted by Crippen LogP contribution is -2.58. The van der Waals surface area contributed by atoms with Gasteiger partial charge in [-0.1, -0.05) is 5.16 Å². The summed E-state index contributed by atoms with van der Waals surface area (Å²) in [7, 11) is 0. The van der Waals surface area contributed by atoms with Crippen molar-refractivity contribution in [3.05, 3.63) is 17.5 Å². The van der Waals surface area contributed by atoms with Gasteiger partial charge in [0.15, 0.2) is 5.60 Å². The maximum absolute atomic E-state index is 12.7. The Morgan fingerprint density at radius 1 is 1.58 bits per heavy atom. The first-order chi connectivity index (χ1) is 8.73. The van der Waals surface area contributed by atoms with Crippen molar-refractivity contribution in [3.8, 4) is 0 Å². The van der Waals surface area contributed by atoms with Crippen molar-refractivity contribution in [2.24, 2.45) is 0 Å². The van der Waals surface area contributed by atoms with Crippen LogP contribution in [0.4, 0.5) is 13.2 Å². The molecule has 1 amide bonds. The van der Waals surface area contributed by atoms with Crippen LogP contribution in [0.2, 0.25) is 0 Å². The number of alkyl halides is 3. The number of aliphatic hydroxyl groups is 1. The molecule has 8 heteroatoms. The highest BCUT2D eigenvalue weighted by Crippen LogP contribution is 2.37. The number of amides is 1. The maximum Gasteiger partial charge on any atom is 0.418 e. The Labute approximate surface area is 107 Å². The van der Waals surface area contributed by atoms with Crippen LogP contribution in [0.15, 0.2) is 10.6 Å². The molecule has 1 aromatic rings. The van der Waals surface area contributed by atoms with Crippen LogP contribution in [0.25, 0.3) is 0 Å². The summed E-state index contributed by atoms with van der Waals surface area (Å²) in [5.41, 5.74) is -2.39. The molecule has 5 nitrogen and oxygen atoms in total. The average Bonchev–Trinajstić information content (AvgIpc) is 2.73. The molecule has 1 N–H and O–H groups in total. The van der Waals surface area contributed by atoms with Crippen molar-refractivity contribution >= 4 is 5.91 Å². The zero-order valence-corrected chi connectivity index (χ0v) is 10.2. The highest BCUT2D eigenvalue weighted by atomic mass is 19.4. The predicted molar refractivity (Wildman–Crippen MR) is 57.4 cm³/mol. The Kier molecular flexibility index (Phi) is 3.29. The van der Waals surface area contributed by atoms with Gasteiger partial charge in [0.1, 0.15) is 0 Å². The molecule has 0 saturated carbocycles. The van der Waals surface area contributed by atoms with Crippen LogP contribution in [0.1, 0.15) is 29.1 Å². The Hall–Kier alpha value is -1.57. The van der Waals surface area contributed by atoms with E-state index < -0.39 is 30.7 Å². The minimum atomic E-state index is -4.76. The highest BCUT2D eigenvalue weighted by molar-refractivity contribution is 5.91. The van der Waals surface area contributed by atoms with E-state index in [1.165, 1.54) is 6.07 Å². The summed E-state index contributed by atoms with van der Waals surface area (Å²) in [6, 6.07) is 1.35. The molecule has 0 spiro atoms. The lowest BCUT2D eigenvalue weighted by atomic mass is 9.92. The summed E-state index contributed by atoms with van der Waals surface area (Å²) < 4.78 is 43.0. The van der Waals surface area contributed by atoms with Gasteiger partial charge in [-0.15, -0.1) is 0 Å². The minimum Gasteiger partial charge on any atom is -0.379 e. The number of piperidine rings is 1. The number of β-amino-alcohol motifs (C(OH)–C–C–N with tert-alkyl or cyclic N) is 1. The van der Waals surface area contributed by atoms with Crippen LogP contribution in [-0.4, -0.2) is 45.9 Å². The van der Waals surface area contributed by atoms with Gasteiger partial charge in [-0.3, -0.25) is 4.79 Å². The number of carbonyl (C=O) groups excluding carboxylic acids is 1. The summed E-state index contributed by atoms with van der Waals surface area (Å²) >= 11 is 0. The number of aromatic nitrogens is 1. The van der Waals surface area contributed by atoms with Gasteiger partial charge in [-0.05, 0) is 19.8 Å².